The van der Waals surface area contributed by atoms with Crippen molar-refractivity contribution in [1.29, 1.82) is 0 Å². The zero-order chi connectivity index (χ0) is 20.4. The fourth-order valence-corrected chi connectivity index (χ4v) is 2.85. The van der Waals surface area contributed by atoms with Gasteiger partial charge in [-0.25, -0.2) is 9.78 Å². The molecule has 0 aromatic carbocycles. The molecule has 29 heavy (non-hydrogen) atoms. The monoisotopic (exact) mass is 518 g/mol. The summed E-state index contributed by atoms with van der Waals surface area (Å²) in [6, 6.07) is 3.91. The van der Waals surface area contributed by atoms with Crippen LogP contribution in [0.4, 0.5) is 10.6 Å². The van der Waals surface area contributed by atoms with E-state index in [2.05, 4.69) is 25.9 Å². The van der Waals surface area contributed by atoms with Gasteiger partial charge in [0.1, 0.15) is 5.82 Å². The summed E-state index contributed by atoms with van der Waals surface area (Å²) >= 11 is 0. The molecule has 1 aromatic heterocycles. The number of ether oxygens (including phenoxy) is 1. The van der Waals surface area contributed by atoms with E-state index in [0.29, 0.717) is 44.4 Å². The van der Waals surface area contributed by atoms with Crippen LogP contribution in [0.2, 0.25) is 0 Å². The highest BCUT2D eigenvalue weighted by Gasteiger charge is 2.24. The molecule has 0 bridgehead atoms. The summed E-state index contributed by atoms with van der Waals surface area (Å²) in [7, 11) is 1.69. The van der Waals surface area contributed by atoms with Crippen LogP contribution in [-0.2, 0) is 9.53 Å². The molecular formula is C19H31IN6O3. The van der Waals surface area contributed by atoms with Gasteiger partial charge in [-0.2, -0.15) is 0 Å². The van der Waals surface area contributed by atoms with E-state index in [4.69, 9.17) is 4.74 Å². The number of halogens is 1. The fourth-order valence-electron chi connectivity index (χ4n) is 2.85. The number of aromatic nitrogens is 1. The fraction of sp³-hybridized carbons (Fsp3) is 0.579. The number of hydrogen-bond acceptors (Lipinski definition) is 5. The second kappa shape index (κ2) is 13.2. The second-order valence-electron chi connectivity index (χ2n) is 6.62. The molecule has 0 radical (unpaired) electrons. The summed E-state index contributed by atoms with van der Waals surface area (Å²) in [6.07, 6.45) is 3.40. The lowest BCUT2D eigenvalue weighted by Gasteiger charge is -2.32. The van der Waals surface area contributed by atoms with Gasteiger partial charge in [0.05, 0.1) is 6.61 Å². The summed E-state index contributed by atoms with van der Waals surface area (Å²) in [5.74, 6) is 1.09. The summed E-state index contributed by atoms with van der Waals surface area (Å²) in [4.78, 5) is 33.8. The van der Waals surface area contributed by atoms with Gasteiger partial charge in [0.2, 0.25) is 5.91 Å². The van der Waals surface area contributed by atoms with Gasteiger partial charge < -0.3 is 25.6 Å². The molecule has 0 aliphatic carbocycles. The predicted octanol–water partition coefficient (Wildman–Crippen LogP) is 2.12. The maximum Gasteiger partial charge on any atom is 0.409 e. The van der Waals surface area contributed by atoms with Crippen molar-refractivity contribution >= 4 is 47.8 Å². The minimum Gasteiger partial charge on any atom is -0.450 e. The Balaban J connectivity index is 0.00000420. The summed E-state index contributed by atoms with van der Waals surface area (Å²) in [5, 5.41) is 9.26. The maximum absolute atomic E-state index is 12.0. The Hall–Kier alpha value is -2.11. The number of likely N-dealkylation sites (tertiary alicyclic amines) is 1. The van der Waals surface area contributed by atoms with E-state index in [0.717, 1.165) is 18.4 Å². The van der Waals surface area contributed by atoms with Gasteiger partial charge in [-0.05, 0) is 38.3 Å². The highest BCUT2D eigenvalue weighted by Crippen LogP contribution is 2.11. The third-order valence-corrected chi connectivity index (χ3v) is 4.41. The number of anilines is 1. The van der Waals surface area contributed by atoms with Crippen molar-refractivity contribution in [2.45, 2.75) is 39.2 Å². The molecule has 0 saturated carbocycles. The Labute approximate surface area is 189 Å². The van der Waals surface area contributed by atoms with E-state index in [1.165, 1.54) is 0 Å². The first-order valence-corrected chi connectivity index (χ1v) is 9.63. The van der Waals surface area contributed by atoms with Crippen LogP contribution in [0.25, 0.3) is 0 Å². The Morgan fingerprint density at radius 3 is 2.62 bits per heavy atom. The van der Waals surface area contributed by atoms with Gasteiger partial charge in [0.15, 0.2) is 5.96 Å². The second-order valence-corrected chi connectivity index (χ2v) is 6.62. The molecule has 9 nitrogen and oxygen atoms in total. The SMILES string of the molecule is CCOC(=O)N1CCC(NC(=NC)NCCC(=O)Nc2ccc(C)cn2)CC1.I. The third kappa shape index (κ3) is 8.84. The highest BCUT2D eigenvalue weighted by atomic mass is 127. The first-order chi connectivity index (χ1) is 13.5. The van der Waals surface area contributed by atoms with E-state index in [-0.39, 0.29) is 42.0 Å². The minimum atomic E-state index is -0.252. The van der Waals surface area contributed by atoms with Crippen LogP contribution in [0, 0.1) is 6.92 Å². The van der Waals surface area contributed by atoms with E-state index >= 15 is 0 Å². The molecule has 2 rings (SSSR count). The van der Waals surface area contributed by atoms with Crippen LogP contribution in [0.1, 0.15) is 31.7 Å². The number of nitrogens with zero attached hydrogens (tertiary/aromatic N) is 3. The van der Waals surface area contributed by atoms with Gasteiger partial charge in [0, 0.05) is 45.3 Å². The zero-order valence-corrected chi connectivity index (χ0v) is 19.6. The number of carbonyl (C=O) groups excluding carboxylic acids is 2. The molecule has 1 aliphatic rings. The smallest absolute Gasteiger partial charge is 0.409 e. The van der Waals surface area contributed by atoms with Crippen LogP contribution in [0.5, 0.6) is 0 Å². The lowest BCUT2D eigenvalue weighted by atomic mass is 10.1. The molecule has 0 spiro atoms. The normalized spacial score (nSPS) is 14.6. The van der Waals surface area contributed by atoms with Crippen LogP contribution in [0.15, 0.2) is 23.3 Å². The van der Waals surface area contributed by atoms with Gasteiger partial charge in [-0.3, -0.25) is 9.79 Å². The molecule has 2 heterocycles. The zero-order valence-electron chi connectivity index (χ0n) is 17.2. The van der Waals surface area contributed by atoms with Gasteiger partial charge in [-0.15, -0.1) is 24.0 Å². The average Bonchev–Trinajstić information content (AvgIpc) is 2.69. The van der Waals surface area contributed by atoms with Crippen LogP contribution in [0.3, 0.4) is 0 Å². The van der Waals surface area contributed by atoms with Crippen LogP contribution in [-0.4, -0.2) is 67.2 Å². The standard InChI is InChI=1S/C19H30N6O3.HI/c1-4-28-19(27)25-11-8-15(9-12-25)23-18(20-3)21-10-7-17(26)24-16-6-5-14(2)13-22-16;/h5-6,13,15H,4,7-12H2,1-3H3,(H2,20,21,23)(H,22,24,26);1H. The number of hydrogen-bond donors (Lipinski definition) is 3. The van der Waals surface area contributed by atoms with E-state index in [1.54, 1.807) is 31.1 Å². The van der Waals surface area contributed by atoms with Crippen molar-refractivity contribution in [3.63, 3.8) is 0 Å². The lowest BCUT2D eigenvalue weighted by Crippen LogP contribution is -2.50. The molecule has 1 saturated heterocycles. The average molecular weight is 518 g/mol. The van der Waals surface area contributed by atoms with Crippen molar-refractivity contribution in [3.8, 4) is 0 Å². The summed E-state index contributed by atoms with van der Waals surface area (Å²) in [6.45, 7) is 5.90. The lowest BCUT2D eigenvalue weighted by molar-refractivity contribution is -0.116. The Bertz CT molecular complexity index is 675. The number of amides is 2. The molecule has 1 aromatic rings. The highest BCUT2D eigenvalue weighted by molar-refractivity contribution is 14.0. The molecule has 0 unspecified atom stereocenters. The van der Waals surface area contributed by atoms with Crippen molar-refractivity contribution < 1.29 is 14.3 Å². The van der Waals surface area contributed by atoms with Crippen molar-refractivity contribution in [3.05, 3.63) is 23.9 Å². The van der Waals surface area contributed by atoms with Crippen molar-refractivity contribution in [2.24, 2.45) is 4.99 Å². The number of guanidine groups is 1. The first kappa shape index (κ1) is 24.9. The quantitative estimate of drug-likeness (QED) is 0.303. The third-order valence-electron chi connectivity index (χ3n) is 4.41. The molecule has 162 valence electrons. The molecule has 1 aliphatic heterocycles. The Kier molecular flexibility index (Phi) is 11.3. The van der Waals surface area contributed by atoms with Crippen molar-refractivity contribution in [1.82, 2.24) is 20.5 Å². The summed E-state index contributed by atoms with van der Waals surface area (Å²) < 4.78 is 5.03. The van der Waals surface area contributed by atoms with E-state index in [9.17, 15) is 9.59 Å². The molecular weight excluding hydrogens is 487 g/mol. The predicted molar refractivity (Wildman–Crippen MR) is 124 cm³/mol. The largest absolute Gasteiger partial charge is 0.450 e. The number of aryl methyl sites for hydroxylation is 1. The molecule has 10 heteroatoms. The first-order valence-electron chi connectivity index (χ1n) is 9.63. The number of carbonyl (C=O) groups is 2. The number of nitrogens with one attached hydrogen (secondary N) is 3. The molecule has 1 fully saturated rings. The maximum atomic E-state index is 12.0. The van der Waals surface area contributed by atoms with E-state index < -0.39 is 0 Å². The van der Waals surface area contributed by atoms with Crippen molar-refractivity contribution in [2.75, 3.05) is 38.6 Å². The van der Waals surface area contributed by atoms with Crippen LogP contribution < -0.4 is 16.0 Å². The van der Waals surface area contributed by atoms with E-state index in [1.807, 2.05) is 13.0 Å². The molecule has 0 atom stereocenters. The minimum absolute atomic E-state index is 0. The number of aliphatic imine (C=N–C) groups is 1. The Morgan fingerprint density at radius 1 is 1.31 bits per heavy atom. The van der Waals surface area contributed by atoms with Gasteiger partial charge >= 0.3 is 6.09 Å². The molecule has 3 N–H and O–H groups in total. The van der Waals surface area contributed by atoms with Gasteiger partial charge in [0.25, 0.3) is 0 Å². The summed E-state index contributed by atoms with van der Waals surface area (Å²) in [5.41, 5.74) is 1.04. The Morgan fingerprint density at radius 2 is 2.03 bits per heavy atom. The topological polar surface area (TPSA) is 108 Å². The van der Waals surface area contributed by atoms with Crippen LogP contribution >= 0.6 is 24.0 Å². The number of rotatable bonds is 6. The van der Waals surface area contributed by atoms with Gasteiger partial charge in [-0.1, -0.05) is 6.07 Å². The number of pyridine rings is 1. The number of piperidine rings is 1. The molecule has 2 amide bonds.